The predicted octanol–water partition coefficient (Wildman–Crippen LogP) is 9.50. The SMILES string of the molecule is CCCCCCCCCCCCCCCCCCNC(=O)Nc1cc(C(C)C)ccc1C. The van der Waals surface area contributed by atoms with Crippen LogP contribution in [0.3, 0.4) is 0 Å². The number of amides is 2. The molecular weight excluding hydrogens is 392 g/mol. The van der Waals surface area contributed by atoms with Crippen LogP contribution in [0.2, 0.25) is 0 Å². The summed E-state index contributed by atoms with van der Waals surface area (Å²) in [6, 6.07) is 6.23. The molecule has 184 valence electrons. The van der Waals surface area contributed by atoms with Gasteiger partial charge in [0.15, 0.2) is 0 Å². The number of urea groups is 1. The molecule has 0 aromatic heterocycles. The van der Waals surface area contributed by atoms with E-state index < -0.39 is 0 Å². The smallest absolute Gasteiger partial charge is 0.319 e. The van der Waals surface area contributed by atoms with Gasteiger partial charge in [-0.3, -0.25) is 0 Å². The standard InChI is InChI=1S/C29H52N2O/c1-5-6-7-8-9-10-11-12-13-14-15-16-17-18-19-20-23-30-29(32)31-28-24-27(25(2)3)22-21-26(28)4/h21-22,24-25H,5-20,23H2,1-4H3,(H2,30,31,32). The van der Waals surface area contributed by atoms with Crippen molar-refractivity contribution in [2.45, 2.75) is 136 Å². The molecule has 0 unspecified atom stereocenters. The van der Waals surface area contributed by atoms with Gasteiger partial charge in [-0.25, -0.2) is 4.79 Å². The summed E-state index contributed by atoms with van der Waals surface area (Å²) in [7, 11) is 0. The topological polar surface area (TPSA) is 41.1 Å². The highest BCUT2D eigenvalue weighted by Gasteiger charge is 2.07. The molecule has 3 heteroatoms. The van der Waals surface area contributed by atoms with E-state index in [1.165, 1.54) is 102 Å². The van der Waals surface area contributed by atoms with Crippen molar-refractivity contribution in [3.63, 3.8) is 0 Å². The van der Waals surface area contributed by atoms with Crippen LogP contribution in [-0.4, -0.2) is 12.6 Å². The van der Waals surface area contributed by atoms with Crippen molar-refractivity contribution in [3.05, 3.63) is 29.3 Å². The molecule has 3 nitrogen and oxygen atoms in total. The first-order chi connectivity index (χ1) is 15.5. The molecule has 0 atom stereocenters. The van der Waals surface area contributed by atoms with Crippen LogP contribution in [0, 0.1) is 6.92 Å². The lowest BCUT2D eigenvalue weighted by atomic mass is 10.0. The van der Waals surface area contributed by atoms with E-state index in [0.29, 0.717) is 5.92 Å². The second-order valence-corrected chi connectivity index (χ2v) is 9.91. The molecule has 1 aromatic carbocycles. The number of hydrogen-bond acceptors (Lipinski definition) is 1. The lowest BCUT2D eigenvalue weighted by Crippen LogP contribution is -2.29. The molecule has 0 heterocycles. The van der Waals surface area contributed by atoms with Gasteiger partial charge in [-0.05, 0) is 36.5 Å². The number of rotatable bonds is 19. The zero-order chi connectivity index (χ0) is 23.4. The third-order valence-corrected chi connectivity index (χ3v) is 6.49. The molecule has 2 N–H and O–H groups in total. The molecule has 0 aliphatic carbocycles. The average Bonchev–Trinajstić information content (AvgIpc) is 2.77. The molecule has 2 amide bonds. The Hall–Kier alpha value is -1.51. The Kier molecular flexibility index (Phi) is 16.9. The molecule has 1 rings (SSSR count). The maximum absolute atomic E-state index is 12.2. The summed E-state index contributed by atoms with van der Waals surface area (Å²) < 4.78 is 0. The zero-order valence-electron chi connectivity index (χ0n) is 21.7. The number of unbranched alkanes of at least 4 members (excludes halogenated alkanes) is 15. The fourth-order valence-corrected chi connectivity index (χ4v) is 4.17. The number of nitrogens with one attached hydrogen (secondary N) is 2. The van der Waals surface area contributed by atoms with Crippen molar-refractivity contribution in [2.24, 2.45) is 0 Å². The van der Waals surface area contributed by atoms with Gasteiger partial charge in [0.2, 0.25) is 0 Å². The van der Waals surface area contributed by atoms with Crippen LogP contribution in [-0.2, 0) is 0 Å². The Bertz CT molecular complexity index is 597. The number of hydrogen-bond donors (Lipinski definition) is 2. The highest BCUT2D eigenvalue weighted by Crippen LogP contribution is 2.22. The van der Waals surface area contributed by atoms with Crippen molar-refractivity contribution in [2.75, 3.05) is 11.9 Å². The zero-order valence-corrected chi connectivity index (χ0v) is 21.7. The Balaban J connectivity index is 1.91. The van der Waals surface area contributed by atoms with Gasteiger partial charge in [-0.15, -0.1) is 0 Å². The summed E-state index contributed by atoms with van der Waals surface area (Å²) in [5, 5.41) is 6.02. The third kappa shape index (κ3) is 14.5. The summed E-state index contributed by atoms with van der Waals surface area (Å²) in [5.74, 6) is 0.462. The number of benzene rings is 1. The summed E-state index contributed by atoms with van der Waals surface area (Å²) in [6.07, 6.45) is 21.9. The van der Waals surface area contributed by atoms with Crippen LogP contribution in [0.1, 0.15) is 141 Å². The van der Waals surface area contributed by atoms with Crippen LogP contribution in [0.5, 0.6) is 0 Å². The van der Waals surface area contributed by atoms with Gasteiger partial charge in [0, 0.05) is 12.2 Å². The number of carbonyl (C=O) groups excluding carboxylic acids is 1. The summed E-state index contributed by atoms with van der Waals surface area (Å²) in [6.45, 7) is 9.42. The lowest BCUT2D eigenvalue weighted by molar-refractivity contribution is 0.252. The van der Waals surface area contributed by atoms with Crippen LogP contribution in [0.25, 0.3) is 0 Å². The van der Waals surface area contributed by atoms with E-state index in [4.69, 9.17) is 0 Å². The van der Waals surface area contributed by atoms with Crippen molar-refractivity contribution >= 4 is 11.7 Å². The molecule has 1 aromatic rings. The molecule has 0 fully saturated rings. The number of carbonyl (C=O) groups is 1. The first kappa shape index (κ1) is 28.5. The minimum absolute atomic E-state index is 0.0880. The fourth-order valence-electron chi connectivity index (χ4n) is 4.17. The minimum atomic E-state index is -0.0880. The Morgan fingerprint density at radius 3 is 1.69 bits per heavy atom. The quantitative estimate of drug-likeness (QED) is 0.205. The van der Waals surface area contributed by atoms with Gasteiger partial charge < -0.3 is 10.6 Å². The van der Waals surface area contributed by atoms with Gasteiger partial charge in [-0.1, -0.05) is 129 Å². The normalized spacial score (nSPS) is 11.2. The van der Waals surface area contributed by atoms with E-state index in [1.807, 2.05) is 6.92 Å². The summed E-state index contributed by atoms with van der Waals surface area (Å²) in [5.41, 5.74) is 3.27. The van der Waals surface area contributed by atoms with Crippen LogP contribution in [0.4, 0.5) is 10.5 Å². The van der Waals surface area contributed by atoms with Crippen molar-refractivity contribution in [1.29, 1.82) is 0 Å². The number of anilines is 1. The first-order valence-electron chi connectivity index (χ1n) is 13.7. The lowest BCUT2D eigenvalue weighted by Gasteiger charge is -2.13. The molecule has 0 radical (unpaired) electrons. The maximum Gasteiger partial charge on any atom is 0.319 e. The summed E-state index contributed by atoms with van der Waals surface area (Å²) in [4.78, 5) is 12.2. The fraction of sp³-hybridized carbons (Fsp3) is 0.759. The monoisotopic (exact) mass is 444 g/mol. The van der Waals surface area contributed by atoms with Crippen LogP contribution >= 0.6 is 0 Å². The highest BCUT2D eigenvalue weighted by atomic mass is 16.2. The predicted molar refractivity (Wildman–Crippen MR) is 142 cm³/mol. The molecule has 0 aliphatic rings. The Labute approximate surface area is 199 Å². The largest absolute Gasteiger partial charge is 0.338 e. The molecule has 0 saturated carbocycles. The van der Waals surface area contributed by atoms with Gasteiger partial charge in [0.05, 0.1) is 0 Å². The molecule has 32 heavy (non-hydrogen) atoms. The van der Waals surface area contributed by atoms with Crippen molar-refractivity contribution in [1.82, 2.24) is 5.32 Å². The molecule has 0 saturated heterocycles. The van der Waals surface area contributed by atoms with Gasteiger partial charge in [0.1, 0.15) is 0 Å². The van der Waals surface area contributed by atoms with E-state index in [0.717, 1.165) is 24.2 Å². The van der Waals surface area contributed by atoms with E-state index in [-0.39, 0.29) is 6.03 Å². The van der Waals surface area contributed by atoms with Crippen LogP contribution in [0.15, 0.2) is 18.2 Å². The molecule has 0 bridgehead atoms. The maximum atomic E-state index is 12.2. The number of aryl methyl sites for hydroxylation is 1. The van der Waals surface area contributed by atoms with Crippen LogP contribution < -0.4 is 10.6 Å². The Morgan fingerprint density at radius 2 is 1.22 bits per heavy atom. The average molecular weight is 445 g/mol. The molecule has 0 spiro atoms. The van der Waals surface area contributed by atoms with Gasteiger partial charge >= 0.3 is 6.03 Å². The Morgan fingerprint density at radius 1 is 0.750 bits per heavy atom. The van der Waals surface area contributed by atoms with E-state index in [1.54, 1.807) is 0 Å². The minimum Gasteiger partial charge on any atom is -0.338 e. The van der Waals surface area contributed by atoms with Crippen molar-refractivity contribution < 1.29 is 4.79 Å². The highest BCUT2D eigenvalue weighted by molar-refractivity contribution is 5.90. The summed E-state index contributed by atoms with van der Waals surface area (Å²) >= 11 is 0. The molecular formula is C29H52N2O. The van der Waals surface area contributed by atoms with E-state index in [2.05, 4.69) is 49.6 Å². The van der Waals surface area contributed by atoms with E-state index >= 15 is 0 Å². The first-order valence-corrected chi connectivity index (χ1v) is 13.7. The second-order valence-electron chi connectivity index (χ2n) is 9.91. The van der Waals surface area contributed by atoms with Crippen molar-refractivity contribution in [3.8, 4) is 0 Å². The van der Waals surface area contributed by atoms with E-state index in [9.17, 15) is 4.79 Å². The van der Waals surface area contributed by atoms with Gasteiger partial charge in [0.25, 0.3) is 0 Å². The second kappa shape index (κ2) is 19.0. The third-order valence-electron chi connectivity index (χ3n) is 6.49. The molecule has 0 aliphatic heterocycles. The van der Waals surface area contributed by atoms with Gasteiger partial charge in [-0.2, -0.15) is 0 Å².